The quantitative estimate of drug-likeness (QED) is 0.297. The Balaban J connectivity index is 1.76. The van der Waals surface area contributed by atoms with E-state index in [1.54, 1.807) is 17.0 Å². The number of benzene rings is 2. The van der Waals surface area contributed by atoms with Crippen molar-refractivity contribution in [2.45, 2.75) is 6.92 Å². The zero-order valence-electron chi connectivity index (χ0n) is 18.6. The van der Waals surface area contributed by atoms with Gasteiger partial charge in [-0.2, -0.15) is 0 Å². The lowest BCUT2D eigenvalue weighted by Gasteiger charge is -2.36. The molecule has 2 aliphatic heterocycles. The van der Waals surface area contributed by atoms with Crippen molar-refractivity contribution in [3.05, 3.63) is 68.7 Å². The number of nitro groups is 1. The Hall–Kier alpha value is -4.25. The van der Waals surface area contributed by atoms with Crippen molar-refractivity contribution in [2.24, 2.45) is 0 Å². The van der Waals surface area contributed by atoms with E-state index in [1.165, 1.54) is 43.3 Å². The molecular weight excluding hydrogens is 478 g/mol. The highest BCUT2D eigenvalue weighted by Gasteiger charge is 2.38. The first-order valence-corrected chi connectivity index (χ1v) is 11.0. The minimum Gasteiger partial charge on any atom is -0.367 e. The molecule has 12 heteroatoms. The molecule has 2 aromatic carbocycles. The van der Waals surface area contributed by atoms with Crippen LogP contribution in [0.5, 0.6) is 0 Å². The van der Waals surface area contributed by atoms with Gasteiger partial charge in [0.2, 0.25) is 5.91 Å². The number of hydrogen-bond donors (Lipinski definition) is 1. The number of halogens is 1. The zero-order chi connectivity index (χ0) is 25.3. The van der Waals surface area contributed by atoms with Gasteiger partial charge in [-0.1, -0.05) is 23.7 Å². The molecular formula is C23H20ClN5O6. The van der Waals surface area contributed by atoms with Crippen LogP contribution in [0.1, 0.15) is 12.5 Å². The van der Waals surface area contributed by atoms with Crippen LogP contribution in [0, 0.1) is 10.1 Å². The van der Waals surface area contributed by atoms with Crippen LogP contribution in [-0.2, 0) is 14.4 Å². The minimum absolute atomic E-state index is 0.0514. The van der Waals surface area contributed by atoms with Crippen LogP contribution in [0.4, 0.5) is 21.9 Å². The summed E-state index contributed by atoms with van der Waals surface area (Å²) in [7, 11) is 0. The number of barbiturate groups is 1. The van der Waals surface area contributed by atoms with Crippen LogP contribution in [0.2, 0.25) is 5.02 Å². The Kier molecular flexibility index (Phi) is 6.52. The van der Waals surface area contributed by atoms with Crippen molar-refractivity contribution in [1.29, 1.82) is 0 Å². The number of amides is 5. The summed E-state index contributed by atoms with van der Waals surface area (Å²) >= 11 is 6.16. The number of rotatable bonds is 4. The highest BCUT2D eigenvalue weighted by atomic mass is 35.5. The summed E-state index contributed by atoms with van der Waals surface area (Å²) in [4.78, 5) is 65.2. The largest absolute Gasteiger partial charge is 0.367 e. The highest BCUT2D eigenvalue weighted by molar-refractivity contribution is 6.42. The van der Waals surface area contributed by atoms with Gasteiger partial charge in [-0.3, -0.25) is 29.8 Å². The lowest BCUT2D eigenvalue weighted by atomic mass is 10.0. The third-order valence-electron chi connectivity index (χ3n) is 5.78. The van der Waals surface area contributed by atoms with Gasteiger partial charge < -0.3 is 9.80 Å². The summed E-state index contributed by atoms with van der Waals surface area (Å²) in [6.45, 7) is 3.31. The Morgan fingerprint density at radius 2 is 1.74 bits per heavy atom. The summed E-state index contributed by atoms with van der Waals surface area (Å²) in [6.07, 6.45) is 1.23. The predicted molar refractivity (Wildman–Crippen MR) is 128 cm³/mol. The van der Waals surface area contributed by atoms with Crippen molar-refractivity contribution in [3.63, 3.8) is 0 Å². The van der Waals surface area contributed by atoms with Gasteiger partial charge in [-0.15, -0.1) is 0 Å². The van der Waals surface area contributed by atoms with Crippen molar-refractivity contribution in [1.82, 2.24) is 10.2 Å². The molecule has 180 valence electrons. The molecule has 0 spiro atoms. The molecule has 5 amide bonds. The molecule has 0 aliphatic carbocycles. The van der Waals surface area contributed by atoms with Crippen LogP contribution in [-0.4, -0.2) is 59.8 Å². The van der Waals surface area contributed by atoms with Gasteiger partial charge in [0.1, 0.15) is 5.57 Å². The number of urea groups is 1. The molecule has 0 bridgehead atoms. The van der Waals surface area contributed by atoms with Gasteiger partial charge >= 0.3 is 6.03 Å². The van der Waals surface area contributed by atoms with Crippen molar-refractivity contribution in [3.8, 4) is 0 Å². The zero-order valence-corrected chi connectivity index (χ0v) is 19.3. The molecule has 1 N–H and O–H groups in total. The summed E-state index contributed by atoms with van der Waals surface area (Å²) < 4.78 is 0. The Labute approximate surface area is 204 Å². The SMILES string of the molecule is CC(=O)N1CCN(c2ccc([N+](=O)[O-])cc2/C=C2/C(=O)NC(=O)N(c3ccccc3Cl)C2=O)CC1. The van der Waals surface area contributed by atoms with E-state index in [-0.39, 0.29) is 33.4 Å². The molecule has 0 atom stereocenters. The van der Waals surface area contributed by atoms with Crippen LogP contribution in [0.3, 0.4) is 0 Å². The number of nitro benzene ring substituents is 1. The molecule has 4 rings (SSSR count). The van der Waals surface area contributed by atoms with Crippen LogP contribution >= 0.6 is 11.6 Å². The number of nitrogens with zero attached hydrogens (tertiary/aromatic N) is 4. The van der Waals surface area contributed by atoms with Gasteiger partial charge in [0.25, 0.3) is 17.5 Å². The van der Waals surface area contributed by atoms with Crippen LogP contribution in [0.25, 0.3) is 6.08 Å². The van der Waals surface area contributed by atoms with E-state index < -0.39 is 22.8 Å². The number of nitrogens with one attached hydrogen (secondary N) is 1. The van der Waals surface area contributed by atoms with E-state index in [1.807, 2.05) is 4.90 Å². The van der Waals surface area contributed by atoms with E-state index in [2.05, 4.69) is 5.32 Å². The average molecular weight is 498 g/mol. The third kappa shape index (κ3) is 4.71. The lowest BCUT2D eigenvalue weighted by Crippen LogP contribution is -2.54. The monoisotopic (exact) mass is 497 g/mol. The lowest BCUT2D eigenvalue weighted by molar-refractivity contribution is -0.384. The van der Waals surface area contributed by atoms with E-state index in [0.717, 1.165) is 4.90 Å². The number of imide groups is 2. The molecule has 2 saturated heterocycles. The maximum atomic E-state index is 13.3. The fourth-order valence-corrected chi connectivity index (χ4v) is 4.21. The molecule has 0 saturated carbocycles. The normalized spacial score (nSPS) is 17.6. The summed E-state index contributed by atoms with van der Waals surface area (Å²) in [6, 6.07) is 9.34. The average Bonchev–Trinajstić information content (AvgIpc) is 2.82. The maximum absolute atomic E-state index is 13.3. The molecule has 2 aromatic rings. The first kappa shape index (κ1) is 23.9. The summed E-state index contributed by atoms with van der Waals surface area (Å²) in [5.74, 6) is -1.89. The minimum atomic E-state index is -0.954. The number of anilines is 2. The highest BCUT2D eigenvalue weighted by Crippen LogP contribution is 2.32. The van der Waals surface area contributed by atoms with Gasteiger partial charge in [-0.25, -0.2) is 9.69 Å². The summed E-state index contributed by atoms with van der Waals surface area (Å²) in [5.41, 5.74) is 0.282. The second-order valence-electron chi connectivity index (χ2n) is 7.90. The molecule has 11 nitrogen and oxygen atoms in total. The first-order valence-electron chi connectivity index (χ1n) is 10.6. The second-order valence-corrected chi connectivity index (χ2v) is 8.31. The van der Waals surface area contributed by atoms with Crippen molar-refractivity contribution in [2.75, 3.05) is 36.0 Å². The van der Waals surface area contributed by atoms with Crippen molar-refractivity contribution >= 4 is 58.5 Å². The molecule has 35 heavy (non-hydrogen) atoms. The standard InChI is InChI=1S/C23H20ClN5O6/c1-14(30)26-8-10-27(11-9-26)19-7-6-16(29(34)35)12-15(19)13-17-21(31)25-23(33)28(22(17)32)20-5-3-2-4-18(20)24/h2-7,12-13H,8-11H2,1H3,(H,25,31,33)/b17-13-. The maximum Gasteiger partial charge on any atom is 0.335 e. The fraction of sp³-hybridized carbons (Fsp3) is 0.217. The number of carbonyl (C=O) groups is 4. The molecule has 2 fully saturated rings. The van der Waals surface area contributed by atoms with E-state index in [0.29, 0.717) is 31.9 Å². The van der Waals surface area contributed by atoms with Crippen LogP contribution in [0.15, 0.2) is 48.0 Å². The van der Waals surface area contributed by atoms with Crippen LogP contribution < -0.4 is 15.1 Å². The number of carbonyl (C=O) groups excluding carboxylic acids is 4. The Morgan fingerprint density at radius 3 is 2.37 bits per heavy atom. The van der Waals surface area contributed by atoms with E-state index >= 15 is 0 Å². The Bertz CT molecular complexity index is 1280. The van der Waals surface area contributed by atoms with E-state index in [9.17, 15) is 29.3 Å². The number of piperazine rings is 1. The molecule has 0 aromatic heterocycles. The number of para-hydroxylation sites is 1. The summed E-state index contributed by atoms with van der Waals surface area (Å²) in [5, 5.41) is 13.7. The second kappa shape index (κ2) is 9.55. The van der Waals surface area contributed by atoms with Crippen molar-refractivity contribution < 1.29 is 24.1 Å². The molecule has 2 heterocycles. The predicted octanol–water partition coefficient (Wildman–Crippen LogP) is 2.58. The van der Waals surface area contributed by atoms with Gasteiger partial charge in [-0.05, 0) is 24.3 Å². The number of non-ortho nitro benzene ring substituents is 1. The van der Waals surface area contributed by atoms with Gasteiger partial charge in [0.15, 0.2) is 0 Å². The third-order valence-corrected chi connectivity index (χ3v) is 6.10. The van der Waals surface area contributed by atoms with E-state index in [4.69, 9.17) is 11.6 Å². The van der Waals surface area contributed by atoms with Gasteiger partial charge in [0.05, 0.1) is 15.6 Å². The Morgan fingerprint density at radius 1 is 1.06 bits per heavy atom. The smallest absolute Gasteiger partial charge is 0.335 e. The molecule has 0 unspecified atom stereocenters. The number of hydrogen-bond acceptors (Lipinski definition) is 7. The fourth-order valence-electron chi connectivity index (χ4n) is 3.99. The molecule has 2 aliphatic rings. The molecule has 0 radical (unpaired) electrons. The topological polar surface area (TPSA) is 133 Å². The van der Waals surface area contributed by atoms with Gasteiger partial charge in [0, 0.05) is 56.5 Å². The first-order chi connectivity index (χ1) is 16.7.